The minimum absolute atomic E-state index is 0.0900. The molecule has 3 rings (SSSR count). The molecule has 1 aliphatic rings. The lowest BCUT2D eigenvalue weighted by Gasteiger charge is -2.01. The second-order valence-electron chi connectivity index (χ2n) is 4.32. The fourth-order valence-electron chi connectivity index (χ4n) is 2.11. The molecule has 0 saturated carbocycles. The Bertz CT molecular complexity index is 525. The van der Waals surface area contributed by atoms with Crippen LogP contribution < -0.4 is 5.32 Å². The predicted molar refractivity (Wildman–Crippen MR) is 68.8 cm³/mol. The first-order valence-corrected chi connectivity index (χ1v) is 6.89. The molecule has 6 heteroatoms. The quantitative estimate of drug-likeness (QED) is 0.873. The molecular weight excluding hydrogens is 248 g/mol. The highest BCUT2D eigenvalue weighted by Crippen LogP contribution is 2.27. The number of hydrogen-bond acceptors (Lipinski definition) is 4. The molecule has 0 spiro atoms. The van der Waals surface area contributed by atoms with Crippen molar-refractivity contribution in [3.05, 3.63) is 33.5 Å². The molecule has 0 fully saturated rings. The van der Waals surface area contributed by atoms with Gasteiger partial charge in [0.25, 0.3) is 5.91 Å². The van der Waals surface area contributed by atoms with Crippen molar-refractivity contribution in [3.63, 3.8) is 0 Å². The summed E-state index contributed by atoms with van der Waals surface area (Å²) in [6, 6.07) is 0. The van der Waals surface area contributed by atoms with Gasteiger partial charge in [-0.25, -0.2) is 4.98 Å². The lowest BCUT2D eigenvalue weighted by Crippen LogP contribution is -2.25. The third-order valence-electron chi connectivity index (χ3n) is 3.02. The lowest BCUT2D eigenvalue weighted by atomic mass is 10.3. The molecule has 0 aromatic carbocycles. The van der Waals surface area contributed by atoms with Crippen LogP contribution in [-0.4, -0.2) is 27.6 Å². The number of amides is 1. The summed E-state index contributed by atoms with van der Waals surface area (Å²) in [5, 5.41) is 10.4. The highest BCUT2D eigenvalue weighted by atomic mass is 32.1. The maximum atomic E-state index is 11.6. The van der Waals surface area contributed by atoms with Crippen LogP contribution in [0.3, 0.4) is 0 Å². The average Bonchev–Trinajstić information content (AvgIpc) is 3.05. The Balaban J connectivity index is 1.51. The zero-order chi connectivity index (χ0) is 12.4. The van der Waals surface area contributed by atoms with E-state index in [1.54, 1.807) is 17.5 Å². The minimum atomic E-state index is -0.0900. The van der Waals surface area contributed by atoms with Crippen LogP contribution in [0.1, 0.15) is 32.4 Å². The summed E-state index contributed by atoms with van der Waals surface area (Å²) in [6.45, 7) is 0.621. The van der Waals surface area contributed by atoms with E-state index in [9.17, 15) is 4.79 Å². The van der Waals surface area contributed by atoms with E-state index in [-0.39, 0.29) is 5.91 Å². The molecule has 0 radical (unpaired) electrons. The molecule has 18 heavy (non-hydrogen) atoms. The molecule has 2 heterocycles. The molecule has 94 valence electrons. The van der Waals surface area contributed by atoms with Crippen LogP contribution >= 0.6 is 11.3 Å². The zero-order valence-electron chi connectivity index (χ0n) is 9.90. The van der Waals surface area contributed by atoms with Crippen molar-refractivity contribution in [2.24, 2.45) is 0 Å². The Morgan fingerprint density at radius 3 is 3.22 bits per heavy atom. The third-order valence-corrected chi connectivity index (χ3v) is 4.24. The molecule has 0 bridgehead atoms. The topological polar surface area (TPSA) is 70.7 Å². The molecule has 0 aliphatic heterocycles. The van der Waals surface area contributed by atoms with Gasteiger partial charge in [-0.1, -0.05) is 0 Å². The maximum absolute atomic E-state index is 11.6. The molecule has 0 atom stereocenters. The van der Waals surface area contributed by atoms with Crippen molar-refractivity contribution < 1.29 is 4.79 Å². The molecule has 5 nitrogen and oxygen atoms in total. The van der Waals surface area contributed by atoms with Crippen molar-refractivity contribution >= 4 is 17.2 Å². The zero-order valence-corrected chi connectivity index (χ0v) is 10.7. The van der Waals surface area contributed by atoms with Crippen LogP contribution in [0.5, 0.6) is 0 Å². The summed E-state index contributed by atoms with van der Waals surface area (Å²) in [5.41, 5.74) is 1.84. The number of aromatic nitrogens is 3. The Morgan fingerprint density at radius 2 is 2.44 bits per heavy atom. The highest BCUT2D eigenvalue weighted by molar-refractivity contribution is 7.11. The molecule has 2 N–H and O–H groups in total. The van der Waals surface area contributed by atoms with Crippen LogP contribution in [-0.2, 0) is 19.3 Å². The summed E-state index contributed by atoms with van der Waals surface area (Å²) in [5.74, 6) is -0.0900. The number of aromatic amines is 1. The van der Waals surface area contributed by atoms with Gasteiger partial charge in [0.1, 0.15) is 0 Å². The van der Waals surface area contributed by atoms with Gasteiger partial charge < -0.3 is 5.32 Å². The van der Waals surface area contributed by atoms with Crippen molar-refractivity contribution in [1.82, 2.24) is 20.5 Å². The van der Waals surface area contributed by atoms with Gasteiger partial charge in [0.05, 0.1) is 22.5 Å². The first-order valence-electron chi connectivity index (χ1n) is 6.07. The summed E-state index contributed by atoms with van der Waals surface area (Å²) < 4.78 is 0. The maximum Gasteiger partial charge on any atom is 0.254 e. The van der Waals surface area contributed by atoms with Crippen molar-refractivity contribution in [2.75, 3.05) is 6.54 Å². The monoisotopic (exact) mass is 262 g/mol. The Kier molecular flexibility index (Phi) is 3.10. The highest BCUT2D eigenvalue weighted by Gasteiger charge is 2.16. The second kappa shape index (κ2) is 4.89. The number of fused-ring (bicyclic) bond motifs is 1. The van der Waals surface area contributed by atoms with Gasteiger partial charge in [0.15, 0.2) is 0 Å². The van der Waals surface area contributed by atoms with Crippen molar-refractivity contribution in [2.45, 2.75) is 25.7 Å². The molecule has 0 unspecified atom stereocenters. The van der Waals surface area contributed by atoms with Gasteiger partial charge in [-0.3, -0.25) is 9.89 Å². The largest absolute Gasteiger partial charge is 0.352 e. The van der Waals surface area contributed by atoms with E-state index in [0.717, 1.165) is 17.8 Å². The van der Waals surface area contributed by atoms with E-state index >= 15 is 0 Å². The van der Waals surface area contributed by atoms with Gasteiger partial charge in [-0.2, -0.15) is 5.10 Å². The predicted octanol–water partition coefficient (Wildman–Crippen LogP) is 1.33. The molecule has 2 aromatic rings. The fourth-order valence-corrected chi connectivity index (χ4v) is 3.27. The van der Waals surface area contributed by atoms with Gasteiger partial charge >= 0.3 is 0 Å². The number of aryl methyl sites for hydroxylation is 2. The fraction of sp³-hybridized carbons (Fsp3) is 0.417. The first-order chi connectivity index (χ1) is 8.83. The van der Waals surface area contributed by atoms with Crippen molar-refractivity contribution in [3.8, 4) is 0 Å². The van der Waals surface area contributed by atoms with Crippen LogP contribution in [0, 0.1) is 0 Å². The number of carbonyl (C=O) groups is 1. The van der Waals surface area contributed by atoms with Crippen LogP contribution in [0.2, 0.25) is 0 Å². The van der Waals surface area contributed by atoms with Crippen molar-refractivity contribution in [1.29, 1.82) is 0 Å². The summed E-state index contributed by atoms with van der Waals surface area (Å²) >= 11 is 1.79. The minimum Gasteiger partial charge on any atom is -0.352 e. The van der Waals surface area contributed by atoms with Gasteiger partial charge in [0, 0.05) is 24.0 Å². The van der Waals surface area contributed by atoms with E-state index < -0.39 is 0 Å². The standard InChI is InChI=1S/C12H14N4OS/c17-12(8-6-14-15-7-8)13-5-4-11-16-9-2-1-3-10(9)18-11/h6-7H,1-5H2,(H,13,17)(H,14,15). The Labute approximate surface area is 109 Å². The number of nitrogens with zero attached hydrogens (tertiary/aromatic N) is 2. The molecule has 0 saturated heterocycles. The van der Waals surface area contributed by atoms with Gasteiger partial charge in [0.2, 0.25) is 0 Å². The van der Waals surface area contributed by atoms with E-state index in [4.69, 9.17) is 0 Å². The number of carbonyl (C=O) groups excluding carboxylic acids is 1. The second-order valence-corrected chi connectivity index (χ2v) is 5.49. The molecule has 2 aromatic heterocycles. The number of H-pyrrole nitrogens is 1. The molecular formula is C12H14N4OS. The number of nitrogens with one attached hydrogen (secondary N) is 2. The summed E-state index contributed by atoms with van der Waals surface area (Å²) in [6.07, 6.45) is 7.45. The molecule has 1 aliphatic carbocycles. The Hall–Kier alpha value is -1.69. The SMILES string of the molecule is O=C(NCCc1nc2c(s1)CCC2)c1cn[nH]c1. The number of hydrogen-bond donors (Lipinski definition) is 2. The Morgan fingerprint density at radius 1 is 1.50 bits per heavy atom. The third kappa shape index (κ3) is 2.28. The molecule has 1 amide bonds. The number of rotatable bonds is 4. The average molecular weight is 262 g/mol. The first kappa shape index (κ1) is 11.4. The van der Waals surface area contributed by atoms with E-state index in [1.807, 2.05) is 0 Å². The van der Waals surface area contributed by atoms with Gasteiger partial charge in [-0.05, 0) is 19.3 Å². The van der Waals surface area contributed by atoms with E-state index in [1.165, 1.54) is 29.6 Å². The summed E-state index contributed by atoms with van der Waals surface area (Å²) in [7, 11) is 0. The smallest absolute Gasteiger partial charge is 0.254 e. The van der Waals surface area contributed by atoms with Crippen LogP contribution in [0.15, 0.2) is 12.4 Å². The lowest BCUT2D eigenvalue weighted by molar-refractivity contribution is 0.0954. The number of thiazole rings is 1. The summed E-state index contributed by atoms with van der Waals surface area (Å²) in [4.78, 5) is 17.7. The van der Waals surface area contributed by atoms with Gasteiger partial charge in [-0.15, -0.1) is 11.3 Å². The van der Waals surface area contributed by atoms with E-state index in [0.29, 0.717) is 12.1 Å². The van der Waals surface area contributed by atoms with E-state index in [2.05, 4.69) is 20.5 Å². The normalized spacial score (nSPS) is 13.6. The van der Waals surface area contributed by atoms with Crippen LogP contribution in [0.4, 0.5) is 0 Å². The van der Waals surface area contributed by atoms with Crippen LogP contribution in [0.25, 0.3) is 0 Å².